The number of carbonyl (C=O) groups excluding carboxylic acids is 2. The number of hydrogen-bond acceptors (Lipinski definition) is 4. The second kappa shape index (κ2) is 7.25. The highest BCUT2D eigenvalue weighted by atomic mass is 16.5. The maximum absolute atomic E-state index is 12.8. The summed E-state index contributed by atoms with van der Waals surface area (Å²) in [6.45, 7) is 1.26. The fourth-order valence-electron chi connectivity index (χ4n) is 2.75. The Balaban J connectivity index is 1.79. The van der Waals surface area contributed by atoms with Gasteiger partial charge in [-0.3, -0.25) is 4.90 Å². The molecule has 1 aliphatic heterocycles. The molecule has 0 unspecified atom stereocenters. The normalized spacial score (nSPS) is 13.3. The van der Waals surface area contributed by atoms with E-state index in [1.807, 2.05) is 30.3 Å². The minimum atomic E-state index is -0.410. The summed E-state index contributed by atoms with van der Waals surface area (Å²) < 4.78 is 10.5. The summed E-state index contributed by atoms with van der Waals surface area (Å²) >= 11 is 0. The van der Waals surface area contributed by atoms with Gasteiger partial charge in [0, 0.05) is 18.3 Å². The van der Waals surface area contributed by atoms with Crippen LogP contribution in [0, 0.1) is 0 Å². The van der Waals surface area contributed by atoms with Gasteiger partial charge in [0.25, 0.3) is 0 Å². The topological polar surface area (TPSA) is 59.1 Å². The summed E-state index contributed by atoms with van der Waals surface area (Å²) in [5, 5.41) is 0. The number of rotatable bonds is 2. The number of nitrogens with zero attached hydrogens (tertiary/aromatic N) is 2. The van der Waals surface area contributed by atoms with Gasteiger partial charge in [-0.15, -0.1) is 0 Å². The molecule has 0 radical (unpaired) electrons. The third-order valence-electron chi connectivity index (χ3n) is 4.17. The molecular weight excluding hydrogens is 320 g/mol. The summed E-state index contributed by atoms with van der Waals surface area (Å²) in [7, 11) is 3.10. The Kier molecular flexibility index (Phi) is 4.88. The molecule has 1 aliphatic rings. The van der Waals surface area contributed by atoms with Crippen LogP contribution >= 0.6 is 0 Å². The first-order valence-corrected chi connectivity index (χ1v) is 8.02. The van der Waals surface area contributed by atoms with Crippen LogP contribution in [-0.2, 0) is 11.3 Å². The highest BCUT2D eigenvalue weighted by Gasteiger charge is 2.24. The second-order valence-corrected chi connectivity index (χ2v) is 5.76. The number of fused-ring (bicyclic) bond motifs is 1. The first kappa shape index (κ1) is 16.8. The van der Waals surface area contributed by atoms with Gasteiger partial charge in [-0.1, -0.05) is 24.3 Å². The predicted molar refractivity (Wildman–Crippen MR) is 93.9 cm³/mol. The fraction of sp³-hybridized carbons (Fsp3) is 0.263. The van der Waals surface area contributed by atoms with Crippen LogP contribution in [0.1, 0.15) is 15.9 Å². The molecule has 6 heteroatoms. The second-order valence-electron chi connectivity index (χ2n) is 5.76. The van der Waals surface area contributed by atoms with Crippen LogP contribution in [0.15, 0.2) is 48.5 Å². The number of benzene rings is 2. The first-order valence-electron chi connectivity index (χ1n) is 8.02. The van der Waals surface area contributed by atoms with Gasteiger partial charge in [0.15, 0.2) is 0 Å². The lowest BCUT2D eigenvalue weighted by molar-refractivity contribution is 0.0600. The third kappa shape index (κ3) is 3.57. The number of ether oxygens (including phenoxy) is 2. The van der Waals surface area contributed by atoms with Crippen molar-refractivity contribution in [2.75, 3.05) is 32.2 Å². The minimum Gasteiger partial charge on any atom is -0.491 e. The van der Waals surface area contributed by atoms with Crippen molar-refractivity contribution in [3.8, 4) is 5.75 Å². The van der Waals surface area contributed by atoms with E-state index in [2.05, 4.69) is 0 Å². The zero-order valence-electron chi connectivity index (χ0n) is 14.3. The van der Waals surface area contributed by atoms with E-state index in [0.29, 0.717) is 31.0 Å². The molecule has 2 amide bonds. The van der Waals surface area contributed by atoms with E-state index in [0.717, 1.165) is 11.3 Å². The predicted octanol–water partition coefficient (Wildman–Crippen LogP) is 2.92. The third-order valence-corrected chi connectivity index (χ3v) is 4.17. The van der Waals surface area contributed by atoms with Crippen LogP contribution < -0.4 is 9.64 Å². The number of para-hydroxylation sites is 1. The number of methoxy groups -OCH3 is 1. The average molecular weight is 340 g/mol. The lowest BCUT2D eigenvalue weighted by Gasteiger charge is -2.26. The van der Waals surface area contributed by atoms with Crippen molar-refractivity contribution in [2.45, 2.75) is 6.54 Å². The number of urea groups is 1. The fourth-order valence-corrected chi connectivity index (χ4v) is 2.75. The summed E-state index contributed by atoms with van der Waals surface area (Å²) in [5.74, 6) is 0.202. The van der Waals surface area contributed by atoms with Crippen molar-refractivity contribution in [3.05, 3.63) is 59.7 Å². The molecular formula is C19H20N2O4. The average Bonchev–Trinajstić information content (AvgIpc) is 2.88. The van der Waals surface area contributed by atoms with Gasteiger partial charge in [-0.25, -0.2) is 9.59 Å². The number of esters is 1. The highest BCUT2D eigenvalue weighted by molar-refractivity contribution is 5.92. The van der Waals surface area contributed by atoms with Gasteiger partial charge >= 0.3 is 12.0 Å². The molecule has 2 aromatic rings. The van der Waals surface area contributed by atoms with Crippen molar-refractivity contribution in [1.82, 2.24) is 4.90 Å². The standard InChI is InChI=1S/C19H20N2O4/c1-20(16-6-4-3-5-7-16)19(23)21-10-11-25-17-12-14(18(22)24-2)8-9-15(17)13-21/h3-9,12H,10-11,13H2,1-2H3. The highest BCUT2D eigenvalue weighted by Crippen LogP contribution is 2.26. The van der Waals surface area contributed by atoms with Gasteiger partial charge in [0.1, 0.15) is 12.4 Å². The van der Waals surface area contributed by atoms with E-state index in [1.54, 1.807) is 35.0 Å². The quantitative estimate of drug-likeness (QED) is 0.789. The van der Waals surface area contributed by atoms with E-state index in [1.165, 1.54) is 7.11 Å². The van der Waals surface area contributed by atoms with Crippen LogP contribution in [0.4, 0.5) is 10.5 Å². The molecule has 3 rings (SSSR count). The first-order chi connectivity index (χ1) is 12.1. The molecule has 130 valence electrons. The number of carbonyl (C=O) groups is 2. The van der Waals surface area contributed by atoms with Crippen molar-refractivity contribution >= 4 is 17.7 Å². The molecule has 0 saturated heterocycles. The maximum atomic E-state index is 12.8. The SMILES string of the molecule is COC(=O)c1ccc2c(c1)OCCN(C(=O)N(C)c1ccccc1)C2. The lowest BCUT2D eigenvalue weighted by Crippen LogP contribution is -2.41. The van der Waals surface area contributed by atoms with E-state index in [-0.39, 0.29) is 6.03 Å². The Morgan fingerprint density at radius 3 is 2.64 bits per heavy atom. The molecule has 0 fully saturated rings. The van der Waals surface area contributed by atoms with Crippen molar-refractivity contribution in [3.63, 3.8) is 0 Å². The van der Waals surface area contributed by atoms with E-state index < -0.39 is 5.97 Å². The largest absolute Gasteiger partial charge is 0.491 e. The summed E-state index contributed by atoms with van der Waals surface area (Å²) in [4.78, 5) is 27.8. The van der Waals surface area contributed by atoms with Crippen molar-refractivity contribution in [2.24, 2.45) is 0 Å². The van der Waals surface area contributed by atoms with Gasteiger partial charge in [-0.2, -0.15) is 0 Å². The zero-order chi connectivity index (χ0) is 17.8. The molecule has 0 bridgehead atoms. The smallest absolute Gasteiger partial charge is 0.337 e. The number of anilines is 1. The van der Waals surface area contributed by atoms with Gasteiger partial charge in [-0.05, 0) is 24.3 Å². The molecule has 0 aliphatic carbocycles. The van der Waals surface area contributed by atoms with Crippen LogP contribution in [0.5, 0.6) is 5.75 Å². The number of amides is 2. The molecule has 0 saturated carbocycles. The van der Waals surface area contributed by atoms with Crippen LogP contribution in [0.3, 0.4) is 0 Å². The van der Waals surface area contributed by atoms with Gasteiger partial charge in [0.05, 0.1) is 25.8 Å². The molecule has 2 aromatic carbocycles. The Morgan fingerprint density at radius 1 is 1.16 bits per heavy atom. The van der Waals surface area contributed by atoms with E-state index >= 15 is 0 Å². The number of hydrogen-bond donors (Lipinski definition) is 0. The molecule has 0 aromatic heterocycles. The summed E-state index contributed by atoms with van der Waals surface area (Å²) in [6, 6.07) is 14.5. The van der Waals surface area contributed by atoms with Crippen molar-refractivity contribution < 1.29 is 19.1 Å². The minimum absolute atomic E-state index is 0.0975. The molecule has 6 nitrogen and oxygen atoms in total. The summed E-state index contributed by atoms with van der Waals surface area (Å²) in [6.07, 6.45) is 0. The molecule has 25 heavy (non-hydrogen) atoms. The van der Waals surface area contributed by atoms with Crippen LogP contribution in [0.25, 0.3) is 0 Å². The van der Waals surface area contributed by atoms with Crippen molar-refractivity contribution in [1.29, 1.82) is 0 Å². The Labute approximate surface area is 146 Å². The molecule has 0 atom stereocenters. The molecule has 1 heterocycles. The Hall–Kier alpha value is -3.02. The monoisotopic (exact) mass is 340 g/mol. The Bertz CT molecular complexity index is 776. The summed E-state index contributed by atoms with van der Waals surface area (Å²) in [5.41, 5.74) is 2.13. The van der Waals surface area contributed by atoms with Gasteiger partial charge < -0.3 is 14.4 Å². The maximum Gasteiger partial charge on any atom is 0.337 e. The van der Waals surface area contributed by atoms with E-state index in [4.69, 9.17) is 9.47 Å². The lowest BCUT2D eigenvalue weighted by atomic mass is 10.1. The molecule has 0 N–H and O–H groups in total. The van der Waals surface area contributed by atoms with E-state index in [9.17, 15) is 9.59 Å². The molecule has 0 spiro atoms. The van der Waals surface area contributed by atoms with Gasteiger partial charge in [0.2, 0.25) is 0 Å². The zero-order valence-corrected chi connectivity index (χ0v) is 14.3. The van der Waals surface area contributed by atoms with Crippen LogP contribution in [-0.4, -0.2) is 44.2 Å². The van der Waals surface area contributed by atoms with Crippen LogP contribution in [0.2, 0.25) is 0 Å². The Morgan fingerprint density at radius 2 is 1.92 bits per heavy atom.